The highest BCUT2D eigenvalue weighted by Gasteiger charge is 2.09. The number of hydrogen-bond donors (Lipinski definition) is 0. The number of benzene rings is 2. The molecule has 0 N–H and O–H groups in total. The maximum atomic E-state index is 6.23. The average molecular weight is 243 g/mol. The van der Waals surface area contributed by atoms with Crippen molar-refractivity contribution in [2.75, 3.05) is 0 Å². The van der Waals surface area contributed by atoms with Gasteiger partial charge < -0.3 is 4.42 Å². The van der Waals surface area contributed by atoms with E-state index in [1.54, 1.807) is 6.26 Å². The maximum Gasteiger partial charge on any atom is 0.152 e. The topological polar surface area (TPSA) is 13.1 Å². The van der Waals surface area contributed by atoms with Crippen LogP contribution in [0.4, 0.5) is 0 Å². The van der Waals surface area contributed by atoms with Crippen LogP contribution in [0.5, 0.6) is 0 Å². The fraction of sp³-hybridized carbons (Fsp3) is 0.0667. The molecule has 0 aliphatic rings. The van der Waals surface area contributed by atoms with Gasteiger partial charge in [-0.2, -0.15) is 0 Å². The van der Waals surface area contributed by atoms with Gasteiger partial charge in [-0.3, -0.25) is 0 Å². The Bertz CT molecular complexity index is 668. The van der Waals surface area contributed by atoms with E-state index >= 15 is 0 Å². The molecule has 2 heteroatoms. The van der Waals surface area contributed by atoms with Crippen LogP contribution in [0.1, 0.15) is 5.56 Å². The summed E-state index contributed by atoms with van der Waals surface area (Å²) in [4.78, 5) is 0. The second kappa shape index (κ2) is 3.94. The fourth-order valence-electron chi connectivity index (χ4n) is 2.01. The van der Waals surface area contributed by atoms with Gasteiger partial charge in [-0.15, -0.1) is 0 Å². The zero-order valence-corrected chi connectivity index (χ0v) is 10.2. The van der Waals surface area contributed by atoms with Gasteiger partial charge in [0.05, 0.1) is 11.3 Å². The predicted octanol–water partition coefficient (Wildman–Crippen LogP) is 5.06. The zero-order valence-electron chi connectivity index (χ0n) is 9.41. The highest BCUT2D eigenvalue weighted by molar-refractivity contribution is 6.35. The minimum Gasteiger partial charge on any atom is -0.462 e. The molecule has 1 heterocycles. The van der Waals surface area contributed by atoms with E-state index in [0.29, 0.717) is 5.02 Å². The van der Waals surface area contributed by atoms with Crippen LogP contribution in [0.15, 0.2) is 53.1 Å². The van der Waals surface area contributed by atoms with Crippen molar-refractivity contribution >= 4 is 22.6 Å². The molecule has 0 unspecified atom stereocenters. The van der Waals surface area contributed by atoms with Gasteiger partial charge in [0.2, 0.25) is 0 Å². The van der Waals surface area contributed by atoms with Gasteiger partial charge in [-0.1, -0.05) is 41.9 Å². The maximum absolute atomic E-state index is 6.23. The van der Waals surface area contributed by atoms with Crippen molar-refractivity contribution in [3.05, 3.63) is 59.3 Å². The number of furan rings is 1. The van der Waals surface area contributed by atoms with Crippen molar-refractivity contribution in [3.8, 4) is 11.1 Å². The van der Waals surface area contributed by atoms with E-state index in [9.17, 15) is 0 Å². The summed E-state index contributed by atoms with van der Waals surface area (Å²) in [6.45, 7) is 2.02. The Kier molecular flexibility index (Phi) is 2.41. The molecule has 2 aromatic carbocycles. The second-order valence-electron chi connectivity index (χ2n) is 4.12. The van der Waals surface area contributed by atoms with Crippen LogP contribution in [0.3, 0.4) is 0 Å². The van der Waals surface area contributed by atoms with Gasteiger partial charge in [0.25, 0.3) is 0 Å². The first-order chi connectivity index (χ1) is 8.25. The Morgan fingerprint density at radius 1 is 1.00 bits per heavy atom. The van der Waals surface area contributed by atoms with Crippen LogP contribution in [0.2, 0.25) is 5.02 Å². The van der Waals surface area contributed by atoms with E-state index < -0.39 is 0 Å². The summed E-state index contributed by atoms with van der Waals surface area (Å²) in [5, 5.41) is 1.74. The summed E-state index contributed by atoms with van der Waals surface area (Å²) >= 11 is 6.23. The number of hydrogen-bond acceptors (Lipinski definition) is 1. The number of aryl methyl sites for hydroxylation is 1. The molecule has 84 valence electrons. The average Bonchev–Trinajstić information content (AvgIpc) is 2.73. The summed E-state index contributed by atoms with van der Waals surface area (Å²) in [6.07, 6.45) is 1.74. The Labute approximate surface area is 105 Å². The summed E-state index contributed by atoms with van der Waals surface area (Å²) in [6, 6.07) is 14.3. The van der Waals surface area contributed by atoms with Gasteiger partial charge in [-0.25, -0.2) is 0 Å². The third-order valence-corrected chi connectivity index (χ3v) is 3.21. The SMILES string of the molecule is Cc1coc2c(Cl)cc(-c3ccccc3)cc12. The molecule has 0 fully saturated rings. The van der Waals surface area contributed by atoms with Gasteiger partial charge in [0.15, 0.2) is 5.58 Å². The van der Waals surface area contributed by atoms with Gasteiger partial charge in [0.1, 0.15) is 0 Å². The first kappa shape index (κ1) is 10.4. The highest BCUT2D eigenvalue weighted by Crippen LogP contribution is 2.33. The first-order valence-electron chi connectivity index (χ1n) is 5.48. The summed E-state index contributed by atoms with van der Waals surface area (Å²) in [5.74, 6) is 0. The summed E-state index contributed by atoms with van der Waals surface area (Å²) < 4.78 is 5.44. The molecule has 0 bridgehead atoms. The first-order valence-corrected chi connectivity index (χ1v) is 5.86. The molecule has 0 radical (unpaired) electrons. The zero-order chi connectivity index (χ0) is 11.8. The van der Waals surface area contributed by atoms with Crippen LogP contribution in [0, 0.1) is 6.92 Å². The predicted molar refractivity (Wildman–Crippen MR) is 71.4 cm³/mol. The summed E-state index contributed by atoms with van der Waals surface area (Å²) in [7, 11) is 0. The monoisotopic (exact) mass is 242 g/mol. The molecule has 3 rings (SSSR count). The largest absolute Gasteiger partial charge is 0.462 e. The molecule has 0 saturated heterocycles. The second-order valence-corrected chi connectivity index (χ2v) is 4.53. The normalized spacial score (nSPS) is 10.9. The molecule has 0 saturated carbocycles. The van der Waals surface area contributed by atoms with Crippen LogP contribution < -0.4 is 0 Å². The third kappa shape index (κ3) is 1.73. The Balaban J connectivity index is 2.28. The Morgan fingerprint density at radius 3 is 2.53 bits per heavy atom. The van der Waals surface area contributed by atoms with E-state index in [-0.39, 0.29) is 0 Å². The third-order valence-electron chi connectivity index (χ3n) is 2.93. The lowest BCUT2D eigenvalue weighted by molar-refractivity contribution is 0.613. The van der Waals surface area contributed by atoms with Gasteiger partial charge in [-0.05, 0) is 35.7 Å². The lowest BCUT2D eigenvalue weighted by atomic mass is 10.0. The standard InChI is InChI=1S/C15H11ClO/c1-10-9-17-15-13(10)7-12(8-14(15)16)11-5-3-2-4-6-11/h2-9H,1H3. The van der Waals surface area contributed by atoms with Crippen LogP contribution in [-0.2, 0) is 0 Å². The van der Waals surface area contributed by atoms with Crippen molar-refractivity contribution in [2.24, 2.45) is 0 Å². The fourth-order valence-corrected chi connectivity index (χ4v) is 2.28. The molecule has 1 nitrogen and oxygen atoms in total. The molecule has 0 spiro atoms. The highest BCUT2D eigenvalue weighted by atomic mass is 35.5. The van der Waals surface area contributed by atoms with Crippen molar-refractivity contribution in [3.63, 3.8) is 0 Å². The molecule has 17 heavy (non-hydrogen) atoms. The van der Waals surface area contributed by atoms with Gasteiger partial charge >= 0.3 is 0 Å². The molecule has 3 aromatic rings. The van der Waals surface area contributed by atoms with Gasteiger partial charge in [0, 0.05) is 5.39 Å². The van der Waals surface area contributed by atoms with Crippen molar-refractivity contribution < 1.29 is 4.42 Å². The lowest BCUT2D eigenvalue weighted by Gasteiger charge is -2.03. The molecular formula is C15H11ClO. The molecule has 0 aliphatic carbocycles. The van der Waals surface area contributed by atoms with E-state index in [1.165, 1.54) is 0 Å². The minimum absolute atomic E-state index is 0.662. The number of rotatable bonds is 1. The van der Waals surface area contributed by atoms with E-state index in [0.717, 1.165) is 27.7 Å². The van der Waals surface area contributed by atoms with Crippen LogP contribution in [-0.4, -0.2) is 0 Å². The quantitative estimate of drug-likeness (QED) is 0.581. The van der Waals surface area contributed by atoms with Crippen molar-refractivity contribution in [2.45, 2.75) is 6.92 Å². The molecule has 1 aromatic heterocycles. The molecule has 0 amide bonds. The van der Waals surface area contributed by atoms with Crippen LogP contribution in [0.25, 0.3) is 22.1 Å². The summed E-state index contributed by atoms with van der Waals surface area (Å²) in [5.41, 5.74) is 4.16. The number of halogens is 1. The smallest absolute Gasteiger partial charge is 0.152 e. The Morgan fingerprint density at radius 2 is 1.76 bits per heavy atom. The van der Waals surface area contributed by atoms with Crippen molar-refractivity contribution in [1.82, 2.24) is 0 Å². The lowest BCUT2D eigenvalue weighted by Crippen LogP contribution is -1.79. The van der Waals surface area contributed by atoms with E-state index in [1.807, 2.05) is 31.2 Å². The molecule has 0 atom stereocenters. The molecule has 0 aliphatic heterocycles. The molecular weight excluding hydrogens is 232 g/mol. The van der Waals surface area contributed by atoms with Crippen LogP contribution >= 0.6 is 11.6 Å². The minimum atomic E-state index is 0.662. The van der Waals surface area contributed by atoms with Crippen molar-refractivity contribution in [1.29, 1.82) is 0 Å². The van der Waals surface area contributed by atoms with E-state index in [4.69, 9.17) is 16.0 Å². The Hall–Kier alpha value is -1.73. The van der Waals surface area contributed by atoms with E-state index in [2.05, 4.69) is 18.2 Å². The number of fused-ring (bicyclic) bond motifs is 1.